The number of Topliss-reactive ketones (excluding diaryl/α,β-unsaturated/α-hetero) is 1. The third kappa shape index (κ3) is 3.67. The van der Waals surface area contributed by atoms with Crippen LogP contribution in [0.2, 0.25) is 0 Å². The molecular formula is C25H27N3O2. The Balaban J connectivity index is 1.84. The average molecular weight is 402 g/mol. The van der Waals surface area contributed by atoms with Crippen molar-refractivity contribution in [3.63, 3.8) is 0 Å². The highest BCUT2D eigenvalue weighted by Gasteiger charge is 2.43. The first kappa shape index (κ1) is 20.1. The van der Waals surface area contributed by atoms with Crippen molar-refractivity contribution in [1.29, 1.82) is 0 Å². The Labute approximate surface area is 177 Å². The number of carbonyl (C=O) groups is 2. The second-order valence-corrected chi connectivity index (χ2v) is 8.96. The fourth-order valence-corrected chi connectivity index (χ4v) is 4.58. The number of pyridine rings is 1. The molecule has 0 saturated heterocycles. The summed E-state index contributed by atoms with van der Waals surface area (Å²) in [5, 5.41) is 6.30. The van der Waals surface area contributed by atoms with Crippen molar-refractivity contribution >= 4 is 17.5 Å². The molecule has 2 aromatic rings. The average Bonchev–Trinajstić information content (AvgIpc) is 2.67. The van der Waals surface area contributed by atoms with Crippen LogP contribution in [0.25, 0.3) is 0 Å². The number of nitrogens with zero attached hydrogens (tertiary/aromatic N) is 1. The van der Waals surface area contributed by atoms with E-state index in [4.69, 9.17) is 0 Å². The molecule has 1 aromatic heterocycles. The van der Waals surface area contributed by atoms with Crippen molar-refractivity contribution in [2.45, 2.75) is 46.5 Å². The summed E-state index contributed by atoms with van der Waals surface area (Å²) in [5.74, 6) is -0.0363. The number of aryl methyl sites for hydroxylation is 1. The van der Waals surface area contributed by atoms with E-state index in [9.17, 15) is 9.59 Å². The highest BCUT2D eigenvalue weighted by Crippen LogP contribution is 2.47. The maximum absolute atomic E-state index is 13.4. The van der Waals surface area contributed by atoms with E-state index in [0.29, 0.717) is 17.8 Å². The van der Waals surface area contributed by atoms with E-state index in [1.54, 1.807) is 18.3 Å². The molecule has 0 bridgehead atoms. The normalized spacial score (nSPS) is 20.5. The van der Waals surface area contributed by atoms with Gasteiger partial charge in [0, 0.05) is 41.1 Å². The summed E-state index contributed by atoms with van der Waals surface area (Å²) in [5.41, 5.74) is 4.96. The van der Waals surface area contributed by atoms with Gasteiger partial charge < -0.3 is 10.6 Å². The van der Waals surface area contributed by atoms with Crippen LogP contribution < -0.4 is 10.6 Å². The van der Waals surface area contributed by atoms with E-state index >= 15 is 0 Å². The lowest BCUT2D eigenvalue weighted by molar-refractivity contribution is -0.118. The van der Waals surface area contributed by atoms with E-state index in [1.165, 1.54) is 0 Å². The number of anilines is 1. The van der Waals surface area contributed by atoms with Crippen LogP contribution in [0.3, 0.4) is 0 Å². The molecule has 1 amide bonds. The van der Waals surface area contributed by atoms with Crippen LogP contribution in [-0.4, -0.2) is 16.7 Å². The lowest BCUT2D eigenvalue weighted by atomic mass is 9.68. The molecular weight excluding hydrogens is 374 g/mol. The molecule has 2 heterocycles. The van der Waals surface area contributed by atoms with Gasteiger partial charge in [-0.2, -0.15) is 0 Å². The summed E-state index contributed by atoms with van der Waals surface area (Å²) in [4.78, 5) is 30.9. The van der Waals surface area contributed by atoms with Gasteiger partial charge in [-0.05, 0) is 48.9 Å². The minimum Gasteiger partial charge on any atom is -0.362 e. The Morgan fingerprint density at radius 2 is 1.83 bits per heavy atom. The number of amides is 1. The Morgan fingerprint density at radius 3 is 2.53 bits per heavy atom. The van der Waals surface area contributed by atoms with E-state index in [0.717, 1.165) is 34.5 Å². The Bertz CT molecular complexity index is 1080. The van der Waals surface area contributed by atoms with Crippen molar-refractivity contribution in [3.05, 3.63) is 82.3 Å². The predicted octanol–water partition coefficient (Wildman–Crippen LogP) is 4.63. The molecule has 154 valence electrons. The number of dihydropyridines is 1. The second-order valence-electron chi connectivity index (χ2n) is 8.96. The molecule has 0 spiro atoms. The van der Waals surface area contributed by atoms with Gasteiger partial charge in [-0.25, -0.2) is 4.98 Å². The van der Waals surface area contributed by atoms with E-state index in [1.807, 2.05) is 44.2 Å². The molecule has 0 unspecified atom stereocenters. The van der Waals surface area contributed by atoms with Gasteiger partial charge in [-0.3, -0.25) is 9.59 Å². The van der Waals surface area contributed by atoms with E-state index < -0.39 is 5.92 Å². The zero-order chi connectivity index (χ0) is 21.5. The number of nitrogens with one attached hydrogen (secondary N) is 2. The number of aromatic nitrogens is 1. The number of carbonyl (C=O) groups excluding carboxylic acids is 2. The fourth-order valence-electron chi connectivity index (χ4n) is 4.58. The van der Waals surface area contributed by atoms with Crippen molar-refractivity contribution in [3.8, 4) is 0 Å². The highest BCUT2D eigenvalue weighted by atomic mass is 16.2. The molecule has 30 heavy (non-hydrogen) atoms. The Morgan fingerprint density at radius 1 is 1.10 bits per heavy atom. The van der Waals surface area contributed by atoms with Crippen molar-refractivity contribution < 1.29 is 9.59 Å². The van der Waals surface area contributed by atoms with Crippen LogP contribution in [0.15, 0.2) is 71.2 Å². The largest absolute Gasteiger partial charge is 0.362 e. The number of hydrogen-bond acceptors (Lipinski definition) is 4. The van der Waals surface area contributed by atoms with Crippen LogP contribution in [-0.2, 0) is 9.59 Å². The molecule has 0 saturated carbocycles. The first-order chi connectivity index (χ1) is 14.3. The zero-order valence-corrected chi connectivity index (χ0v) is 17.9. The summed E-state index contributed by atoms with van der Waals surface area (Å²) in [6.45, 7) is 8.16. The van der Waals surface area contributed by atoms with Crippen molar-refractivity contribution in [2.24, 2.45) is 5.41 Å². The molecule has 0 radical (unpaired) electrons. The topological polar surface area (TPSA) is 71.1 Å². The van der Waals surface area contributed by atoms with E-state index in [2.05, 4.69) is 29.5 Å². The lowest BCUT2D eigenvalue weighted by Crippen LogP contribution is -2.39. The first-order valence-electron chi connectivity index (χ1n) is 10.3. The van der Waals surface area contributed by atoms with Gasteiger partial charge in [0.15, 0.2) is 5.78 Å². The Kier molecular flexibility index (Phi) is 5.06. The molecule has 2 N–H and O–H groups in total. The minimum atomic E-state index is -0.394. The third-order valence-electron chi connectivity index (χ3n) is 5.89. The second kappa shape index (κ2) is 7.56. The maximum Gasteiger partial charge on any atom is 0.255 e. The van der Waals surface area contributed by atoms with Crippen molar-refractivity contribution in [2.75, 3.05) is 5.32 Å². The molecule has 2 aliphatic rings. The highest BCUT2D eigenvalue weighted by molar-refractivity contribution is 6.09. The summed E-state index contributed by atoms with van der Waals surface area (Å²) in [6, 6.07) is 13.4. The quantitative estimate of drug-likeness (QED) is 0.786. The summed E-state index contributed by atoms with van der Waals surface area (Å²) in [6.07, 6.45) is 2.90. The molecule has 1 aliphatic carbocycles. The van der Waals surface area contributed by atoms with Crippen LogP contribution in [0.4, 0.5) is 5.82 Å². The third-order valence-corrected chi connectivity index (χ3v) is 5.89. The predicted molar refractivity (Wildman–Crippen MR) is 118 cm³/mol. The smallest absolute Gasteiger partial charge is 0.255 e. The number of hydrogen-bond donors (Lipinski definition) is 2. The molecule has 1 aliphatic heterocycles. The summed E-state index contributed by atoms with van der Waals surface area (Å²) < 4.78 is 0. The molecule has 5 nitrogen and oxygen atoms in total. The summed E-state index contributed by atoms with van der Waals surface area (Å²) in [7, 11) is 0. The van der Waals surface area contributed by atoms with Gasteiger partial charge in [-0.15, -0.1) is 0 Å². The molecule has 0 fully saturated rings. The standard InChI is InChI=1S/C25H27N3O2/c1-15-9-5-6-10-17(15)22-21(24(30)28-20-11-7-8-12-26-20)16(2)27-18-13-25(3,4)14-19(29)23(18)22/h5-12,22,27H,13-14H2,1-4H3,(H,26,28,30)/t22-/m1/s1. The van der Waals surface area contributed by atoms with Crippen LogP contribution in [0.5, 0.6) is 0 Å². The monoisotopic (exact) mass is 401 g/mol. The van der Waals surface area contributed by atoms with Gasteiger partial charge in [-0.1, -0.05) is 44.2 Å². The maximum atomic E-state index is 13.4. The van der Waals surface area contributed by atoms with Crippen LogP contribution >= 0.6 is 0 Å². The first-order valence-corrected chi connectivity index (χ1v) is 10.3. The van der Waals surface area contributed by atoms with Gasteiger partial charge >= 0.3 is 0 Å². The van der Waals surface area contributed by atoms with Gasteiger partial charge in [0.1, 0.15) is 5.82 Å². The number of allylic oxidation sites excluding steroid dienone is 3. The van der Waals surface area contributed by atoms with Crippen molar-refractivity contribution in [1.82, 2.24) is 10.3 Å². The minimum absolute atomic E-state index is 0.104. The van der Waals surface area contributed by atoms with Crippen LogP contribution in [0, 0.1) is 12.3 Å². The number of ketones is 1. The molecule has 5 heteroatoms. The zero-order valence-electron chi connectivity index (χ0n) is 17.9. The number of rotatable bonds is 3. The Hall–Kier alpha value is -3.21. The van der Waals surface area contributed by atoms with E-state index in [-0.39, 0.29) is 17.1 Å². The molecule has 1 aromatic carbocycles. The van der Waals surface area contributed by atoms with Crippen LogP contribution in [0.1, 0.15) is 50.7 Å². The summed E-state index contributed by atoms with van der Waals surface area (Å²) >= 11 is 0. The molecule has 1 atom stereocenters. The molecule has 4 rings (SSSR count). The van der Waals surface area contributed by atoms with Gasteiger partial charge in [0.25, 0.3) is 5.91 Å². The lowest BCUT2D eigenvalue weighted by Gasteiger charge is -2.40. The van der Waals surface area contributed by atoms with Gasteiger partial charge in [0.2, 0.25) is 0 Å². The SMILES string of the molecule is CC1=C(C(=O)Nc2ccccn2)[C@@H](c2ccccc2C)C2=C(CC(C)(C)CC2=O)N1. The number of benzene rings is 1. The fraction of sp³-hybridized carbons (Fsp3) is 0.320. The van der Waals surface area contributed by atoms with Gasteiger partial charge in [0.05, 0.1) is 0 Å².